The number of aromatic nitrogens is 1. The van der Waals surface area contributed by atoms with Crippen molar-refractivity contribution >= 4 is 15.9 Å². The predicted molar refractivity (Wildman–Crippen MR) is 67.4 cm³/mol. The van der Waals surface area contributed by atoms with Crippen LogP contribution >= 0.6 is 15.9 Å². The summed E-state index contributed by atoms with van der Waals surface area (Å²) >= 11 is 3.31. The van der Waals surface area contributed by atoms with Crippen molar-refractivity contribution in [2.24, 2.45) is 0 Å². The van der Waals surface area contributed by atoms with E-state index < -0.39 is 0 Å². The van der Waals surface area contributed by atoms with Gasteiger partial charge in [-0.2, -0.15) is 0 Å². The standard InChI is InChI=1S/C13H12BrNO/c1-10-5-7-11(8-6-10)9-16-13-4-2-3-12(14)15-13/h2-8H,9H2,1H3. The molecule has 3 heteroatoms. The van der Waals surface area contributed by atoms with E-state index in [0.717, 1.165) is 10.2 Å². The summed E-state index contributed by atoms with van der Waals surface area (Å²) < 4.78 is 6.36. The van der Waals surface area contributed by atoms with Crippen LogP contribution in [0.3, 0.4) is 0 Å². The fraction of sp³-hybridized carbons (Fsp3) is 0.154. The van der Waals surface area contributed by atoms with Crippen LogP contribution in [0.2, 0.25) is 0 Å². The highest BCUT2D eigenvalue weighted by Crippen LogP contribution is 2.14. The average Bonchev–Trinajstić information content (AvgIpc) is 2.28. The number of nitrogens with zero attached hydrogens (tertiary/aromatic N) is 1. The summed E-state index contributed by atoms with van der Waals surface area (Å²) in [5.74, 6) is 0.634. The van der Waals surface area contributed by atoms with E-state index in [1.165, 1.54) is 5.56 Å². The summed E-state index contributed by atoms with van der Waals surface area (Å²) in [7, 11) is 0. The van der Waals surface area contributed by atoms with Gasteiger partial charge in [-0.15, -0.1) is 0 Å². The normalized spacial score (nSPS) is 10.1. The molecule has 82 valence electrons. The van der Waals surface area contributed by atoms with Crippen molar-refractivity contribution in [1.82, 2.24) is 4.98 Å². The number of hydrogen-bond donors (Lipinski definition) is 0. The quantitative estimate of drug-likeness (QED) is 0.798. The zero-order valence-corrected chi connectivity index (χ0v) is 10.6. The Labute approximate surface area is 103 Å². The number of aryl methyl sites for hydroxylation is 1. The number of rotatable bonds is 3. The predicted octanol–water partition coefficient (Wildman–Crippen LogP) is 3.73. The molecule has 16 heavy (non-hydrogen) atoms. The van der Waals surface area contributed by atoms with E-state index in [1.54, 1.807) is 0 Å². The minimum absolute atomic E-state index is 0.545. The molecule has 0 aliphatic heterocycles. The van der Waals surface area contributed by atoms with Crippen LogP contribution in [0, 0.1) is 6.92 Å². The second kappa shape index (κ2) is 5.12. The van der Waals surface area contributed by atoms with Gasteiger partial charge in [-0.25, -0.2) is 4.98 Å². The van der Waals surface area contributed by atoms with Crippen LogP contribution < -0.4 is 4.74 Å². The molecule has 0 unspecified atom stereocenters. The third-order valence-corrected chi connectivity index (χ3v) is 2.64. The van der Waals surface area contributed by atoms with Crippen LogP contribution in [0.1, 0.15) is 11.1 Å². The number of hydrogen-bond acceptors (Lipinski definition) is 2. The Balaban J connectivity index is 1.99. The Morgan fingerprint density at radius 3 is 2.56 bits per heavy atom. The molecule has 0 bridgehead atoms. The lowest BCUT2D eigenvalue weighted by atomic mass is 10.2. The lowest BCUT2D eigenvalue weighted by Gasteiger charge is -2.05. The van der Waals surface area contributed by atoms with E-state index in [9.17, 15) is 0 Å². The van der Waals surface area contributed by atoms with E-state index in [0.29, 0.717) is 12.5 Å². The third-order valence-electron chi connectivity index (χ3n) is 2.20. The molecule has 1 heterocycles. The molecule has 2 aromatic rings. The van der Waals surface area contributed by atoms with Gasteiger partial charge in [0.1, 0.15) is 11.2 Å². The van der Waals surface area contributed by atoms with Crippen molar-refractivity contribution in [3.63, 3.8) is 0 Å². The van der Waals surface area contributed by atoms with E-state index in [4.69, 9.17) is 4.74 Å². The molecule has 0 N–H and O–H groups in total. The molecular weight excluding hydrogens is 266 g/mol. The summed E-state index contributed by atoms with van der Waals surface area (Å²) in [5, 5.41) is 0. The highest BCUT2D eigenvalue weighted by atomic mass is 79.9. The van der Waals surface area contributed by atoms with Crippen molar-refractivity contribution in [2.45, 2.75) is 13.5 Å². The van der Waals surface area contributed by atoms with Gasteiger partial charge >= 0.3 is 0 Å². The second-order valence-electron chi connectivity index (χ2n) is 3.57. The van der Waals surface area contributed by atoms with Crippen molar-refractivity contribution in [3.05, 3.63) is 58.2 Å². The Morgan fingerprint density at radius 1 is 1.12 bits per heavy atom. The highest BCUT2D eigenvalue weighted by Gasteiger charge is 1.97. The third kappa shape index (κ3) is 3.07. The van der Waals surface area contributed by atoms with Crippen molar-refractivity contribution in [1.29, 1.82) is 0 Å². The van der Waals surface area contributed by atoms with Gasteiger partial charge in [-0.05, 0) is 34.5 Å². The number of halogens is 1. The number of benzene rings is 1. The van der Waals surface area contributed by atoms with Gasteiger partial charge in [0.15, 0.2) is 0 Å². The summed E-state index contributed by atoms with van der Waals surface area (Å²) in [6.07, 6.45) is 0. The first-order valence-electron chi connectivity index (χ1n) is 5.05. The number of ether oxygens (including phenoxy) is 1. The summed E-state index contributed by atoms with van der Waals surface area (Å²) in [5.41, 5.74) is 2.40. The highest BCUT2D eigenvalue weighted by molar-refractivity contribution is 9.10. The molecular formula is C13H12BrNO. The van der Waals surface area contributed by atoms with Gasteiger partial charge in [0, 0.05) is 6.07 Å². The lowest BCUT2D eigenvalue weighted by molar-refractivity contribution is 0.293. The Bertz CT molecular complexity index is 468. The minimum Gasteiger partial charge on any atom is -0.473 e. The first-order valence-corrected chi connectivity index (χ1v) is 5.84. The van der Waals surface area contributed by atoms with Crippen LogP contribution in [0.4, 0.5) is 0 Å². The molecule has 2 nitrogen and oxygen atoms in total. The van der Waals surface area contributed by atoms with Crippen LogP contribution in [0.25, 0.3) is 0 Å². The molecule has 2 rings (SSSR count). The van der Waals surface area contributed by atoms with E-state index >= 15 is 0 Å². The van der Waals surface area contributed by atoms with Crippen LogP contribution in [-0.4, -0.2) is 4.98 Å². The molecule has 0 saturated heterocycles. The van der Waals surface area contributed by atoms with Crippen LogP contribution in [0.5, 0.6) is 5.88 Å². The van der Waals surface area contributed by atoms with Gasteiger partial charge in [-0.1, -0.05) is 35.9 Å². The molecule has 0 spiro atoms. The monoisotopic (exact) mass is 277 g/mol. The maximum atomic E-state index is 5.57. The van der Waals surface area contributed by atoms with E-state index in [-0.39, 0.29) is 0 Å². The SMILES string of the molecule is Cc1ccc(COc2cccc(Br)n2)cc1. The maximum absolute atomic E-state index is 5.57. The van der Waals surface area contributed by atoms with E-state index in [1.807, 2.05) is 18.2 Å². The maximum Gasteiger partial charge on any atom is 0.214 e. The molecule has 0 radical (unpaired) electrons. The molecule has 0 amide bonds. The summed E-state index contributed by atoms with van der Waals surface area (Å²) in [6.45, 7) is 2.62. The minimum atomic E-state index is 0.545. The van der Waals surface area contributed by atoms with E-state index in [2.05, 4.69) is 52.1 Å². The zero-order valence-electron chi connectivity index (χ0n) is 8.98. The smallest absolute Gasteiger partial charge is 0.214 e. The fourth-order valence-corrected chi connectivity index (χ4v) is 1.64. The lowest BCUT2D eigenvalue weighted by Crippen LogP contribution is -1.97. The topological polar surface area (TPSA) is 22.1 Å². The van der Waals surface area contributed by atoms with Crippen molar-refractivity contribution in [3.8, 4) is 5.88 Å². The molecule has 0 atom stereocenters. The van der Waals surface area contributed by atoms with Crippen molar-refractivity contribution in [2.75, 3.05) is 0 Å². The van der Waals surface area contributed by atoms with Gasteiger partial charge in [0.05, 0.1) is 0 Å². The van der Waals surface area contributed by atoms with Crippen LogP contribution in [-0.2, 0) is 6.61 Å². The molecule has 1 aromatic heterocycles. The Hall–Kier alpha value is -1.35. The fourth-order valence-electron chi connectivity index (χ4n) is 1.31. The number of pyridine rings is 1. The first kappa shape index (κ1) is 11.1. The van der Waals surface area contributed by atoms with Gasteiger partial charge in [0.25, 0.3) is 0 Å². The second-order valence-corrected chi connectivity index (χ2v) is 4.39. The average molecular weight is 278 g/mol. The van der Waals surface area contributed by atoms with Gasteiger partial charge in [-0.3, -0.25) is 0 Å². The Morgan fingerprint density at radius 2 is 1.88 bits per heavy atom. The van der Waals surface area contributed by atoms with Crippen LogP contribution in [0.15, 0.2) is 47.1 Å². The summed E-state index contributed by atoms with van der Waals surface area (Å²) in [6, 6.07) is 13.9. The first-order chi connectivity index (χ1) is 7.74. The zero-order chi connectivity index (χ0) is 11.4. The molecule has 0 saturated carbocycles. The molecule has 0 aliphatic carbocycles. The van der Waals surface area contributed by atoms with Gasteiger partial charge in [0.2, 0.25) is 5.88 Å². The molecule has 1 aromatic carbocycles. The summed E-state index contributed by atoms with van der Waals surface area (Å²) in [4.78, 5) is 4.20. The largest absolute Gasteiger partial charge is 0.473 e. The molecule has 0 aliphatic rings. The molecule has 0 fully saturated rings. The Kier molecular flexibility index (Phi) is 3.57. The van der Waals surface area contributed by atoms with Gasteiger partial charge < -0.3 is 4.74 Å². The van der Waals surface area contributed by atoms with Crippen molar-refractivity contribution < 1.29 is 4.74 Å².